The first-order chi connectivity index (χ1) is 27.3. The van der Waals surface area contributed by atoms with Crippen LogP contribution in [0.5, 0.6) is 17.2 Å². The quantitative estimate of drug-likeness (QED) is 0.117. The number of piperazine rings is 1. The van der Waals surface area contributed by atoms with E-state index in [-0.39, 0.29) is 30.2 Å². The number of piperidine rings is 1. The Bertz CT molecular complexity index is 2190. The summed E-state index contributed by atoms with van der Waals surface area (Å²) in [5.74, 6) is 1.26. The second kappa shape index (κ2) is 16.6. The molecule has 3 atom stereocenters. The van der Waals surface area contributed by atoms with Gasteiger partial charge in [0.25, 0.3) is 5.91 Å². The van der Waals surface area contributed by atoms with Crippen molar-refractivity contribution in [2.75, 3.05) is 45.9 Å². The predicted molar refractivity (Wildman–Crippen MR) is 213 cm³/mol. The Kier molecular flexibility index (Phi) is 11.0. The summed E-state index contributed by atoms with van der Waals surface area (Å²) in [6.07, 6.45) is 4.67. The van der Waals surface area contributed by atoms with Gasteiger partial charge < -0.3 is 19.5 Å². The summed E-state index contributed by atoms with van der Waals surface area (Å²) in [7, 11) is 1.81. The fourth-order valence-electron chi connectivity index (χ4n) is 8.70. The van der Waals surface area contributed by atoms with Crippen LogP contribution < -0.4 is 14.8 Å². The number of nitrogens with one attached hydrogen (secondary N) is 1. The van der Waals surface area contributed by atoms with E-state index in [1.54, 1.807) is 10.7 Å². The van der Waals surface area contributed by atoms with Crippen LogP contribution in [-0.4, -0.2) is 88.3 Å². The molecule has 3 heterocycles. The smallest absolute Gasteiger partial charge is 0.260 e. The van der Waals surface area contributed by atoms with Crippen molar-refractivity contribution in [3.63, 3.8) is 0 Å². The molecule has 2 N–H and O–H groups in total. The van der Waals surface area contributed by atoms with Crippen molar-refractivity contribution in [2.45, 2.75) is 56.3 Å². The summed E-state index contributed by atoms with van der Waals surface area (Å²) >= 11 is 0. The van der Waals surface area contributed by atoms with E-state index in [9.17, 15) is 19.5 Å². The van der Waals surface area contributed by atoms with Gasteiger partial charge in [-0.3, -0.25) is 29.3 Å². The molecule has 2 aliphatic heterocycles. The van der Waals surface area contributed by atoms with Gasteiger partial charge in [0.2, 0.25) is 11.8 Å². The minimum absolute atomic E-state index is 0.0408. The molecule has 0 radical (unpaired) electrons. The first-order valence-electron chi connectivity index (χ1n) is 19.8. The molecule has 4 aromatic carbocycles. The van der Waals surface area contributed by atoms with Crippen LogP contribution in [0.4, 0.5) is 0 Å². The molecule has 11 heteroatoms. The number of ether oxygens (including phenoxy) is 2. The van der Waals surface area contributed by atoms with Gasteiger partial charge in [0, 0.05) is 57.0 Å². The lowest BCUT2D eigenvalue weighted by atomic mass is 9.69. The third kappa shape index (κ3) is 8.14. The molecular formula is C45H49N5O6. The Morgan fingerprint density at radius 1 is 0.839 bits per heavy atom. The maximum Gasteiger partial charge on any atom is 0.260 e. The third-order valence-corrected chi connectivity index (χ3v) is 11.7. The highest BCUT2D eigenvalue weighted by Crippen LogP contribution is 2.47. The number of imide groups is 1. The number of carbonyl (C=O) groups excluding carboxylic acids is 3. The van der Waals surface area contributed by atoms with Gasteiger partial charge in [-0.05, 0) is 103 Å². The molecule has 56 heavy (non-hydrogen) atoms. The zero-order valence-electron chi connectivity index (χ0n) is 31.9. The number of hydrogen-bond donors (Lipinski definition) is 2. The van der Waals surface area contributed by atoms with Crippen LogP contribution in [0.3, 0.4) is 0 Å². The fraction of sp³-hybridized carbons (Fsp3) is 0.378. The molecule has 11 nitrogen and oxygen atoms in total. The number of rotatable bonds is 12. The zero-order chi connectivity index (χ0) is 38.6. The number of amides is 3. The second-order valence-electron chi connectivity index (χ2n) is 15.2. The fourth-order valence-corrected chi connectivity index (χ4v) is 8.70. The number of hydrogen-bond acceptors (Lipinski definition) is 8. The molecule has 0 spiro atoms. The number of benzene rings is 4. The van der Waals surface area contributed by atoms with Gasteiger partial charge >= 0.3 is 0 Å². The summed E-state index contributed by atoms with van der Waals surface area (Å²) in [6, 6.07) is 30.7. The van der Waals surface area contributed by atoms with Crippen molar-refractivity contribution in [3.8, 4) is 17.2 Å². The van der Waals surface area contributed by atoms with Gasteiger partial charge in [0.15, 0.2) is 6.61 Å². The van der Waals surface area contributed by atoms with E-state index in [4.69, 9.17) is 9.47 Å². The minimum atomic E-state index is -0.473. The van der Waals surface area contributed by atoms with Gasteiger partial charge in [-0.2, -0.15) is 5.10 Å². The van der Waals surface area contributed by atoms with E-state index < -0.39 is 5.92 Å². The van der Waals surface area contributed by atoms with E-state index in [1.165, 1.54) is 22.3 Å². The maximum absolute atomic E-state index is 13.0. The molecule has 8 rings (SSSR count). The van der Waals surface area contributed by atoms with Crippen molar-refractivity contribution < 1.29 is 29.0 Å². The standard InChI is InChI=1S/C45H49N5O6/c1-48-40-28-35(15-18-38(40)44(47-48)39-19-20-41(52)46-45(39)54)56-29-42(53)50-24-22-49(23-25-50)21-5-6-26-55-34-13-9-31(10-14-34)43-36(30-7-3-2-4-8-30)16-11-32-27-33(51)12-17-37(32)43/h2-4,7-10,12-15,17-18,27-28,36,39,43,51H,5-6,11,16,19-26,29H2,1H3,(H,46,52,54)/t36-,39+,43+/m1/s1. The molecule has 3 amide bonds. The van der Waals surface area contributed by atoms with Gasteiger partial charge in [-0.25, -0.2) is 0 Å². The summed E-state index contributed by atoms with van der Waals surface area (Å²) in [5.41, 5.74) is 6.57. The molecule has 0 bridgehead atoms. The average Bonchev–Trinajstić information content (AvgIpc) is 3.54. The average molecular weight is 756 g/mol. The molecule has 0 saturated carbocycles. The predicted octanol–water partition coefficient (Wildman–Crippen LogP) is 6.04. The third-order valence-electron chi connectivity index (χ3n) is 11.7. The Labute approximate surface area is 327 Å². The first-order valence-corrected chi connectivity index (χ1v) is 19.8. The van der Waals surface area contributed by atoms with E-state index in [2.05, 4.69) is 76.0 Å². The molecule has 0 unspecified atom stereocenters. The van der Waals surface area contributed by atoms with Crippen LogP contribution in [0, 0.1) is 0 Å². The summed E-state index contributed by atoms with van der Waals surface area (Å²) in [6.45, 7) is 4.55. The maximum atomic E-state index is 13.0. The summed E-state index contributed by atoms with van der Waals surface area (Å²) < 4.78 is 13.8. The molecule has 2 fully saturated rings. The van der Waals surface area contributed by atoms with Gasteiger partial charge in [-0.1, -0.05) is 48.5 Å². The van der Waals surface area contributed by atoms with Crippen molar-refractivity contribution in [1.29, 1.82) is 0 Å². The Balaban J connectivity index is 0.765. The second-order valence-corrected chi connectivity index (χ2v) is 15.2. The number of unbranched alkanes of at least 4 members (excludes halogenated alkanes) is 1. The molecule has 3 aliphatic rings. The first kappa shape index (κ1) is 37.3. The van der Waals surface area contributed by atoms with E-state index >= 15 is 0 Å². The Morgan fingerprint density at radius 2 is 1.62 bits per heavy atom. The molecule has 290 valence electrons. The van der Waals surface area contributed by atoms with Crippen LogP contribution in [0.15, 0.2) is 91.0 Å². The highest BCUT2D eigenvalue weighted by atomic mass is 16.5. The van der Waals surface area contributed by atoms with Gasteiger partial charge in [-0.15, -0.1) is 0 Å². The Morgan fingerprint density at radius 3 is 2.41 bits per heavy atom. The number of aryl methyl sites for hydroxylation is 2. The lowest BCUT2D eigenvalue weighted by Crippen LogP contribution is -2.50. The lowest BCUT2D eigenvalue weighted by Gasteiger charge is -2.35. The lowest BCUT2D eigenvalue weighted by molar-refractivity contribution is -0.135. The van der Waals surface area contributed by atoms with Crippen molar-refractivity contribution in [3.05, 3.63) is 119 Å². The van der Waals surface area contributed by atoms with Gasteiger partial charge in [0.1, 0.15) is 17.2 Å². The van der Waals surface area contributed by atoms with E-state index in [1.807, 2.05) is 36.2 Å². The van der Waals surface area contributed by atoms with Crippen LogP contribution in [0.25, 0.3) is 10.9 Å². The Hall–Kier alpha value is -5.68. The van der Waals surface area contributed by atoms with Crippen LogP contribution in [0.2, 0.25) is 0 Å². The zero-order valence-corrected chi connectivity index (χ0v) is 31.9. The van der Waals surface area contributed by atoms with Crippen LogP contribution in [0.1, 0.15) is 77.8 Å². The number of aromatic hydroxyl groups is 1. The number of phenolic OH excluding ortho intramolecular Hbond substituents is 1. The number of phenols is 1. The monoisotopic (exact) mass is 755 g/mol. The molecule has 1 aliphatic carbocycles. The topological polar surface area (TPSA) is 126 Å². The highest BCUT2D eigenvalue weighted by molar-refractivity contribution is 6.02. The minimum Gasteiger partial charge on any atom is -0.508 e. The number of nitrogens with zero attached hydrogens (tertiary/aromatic N) is 4. The number of aromatic nitrogens is 2. The van der Waals surface area contributed by atoms with Gasteiger partial charge in [0.05, 0.1) is 23.7 Å². The van der Waals surface area contributed by atoms with Crippen molar-refractivity contribution >= 4 is 28.6 Å². The SMILES string of the molecule is Cn1nc([C@@H]2CCC(=O)NC2=O)c2ccc(OCC(=O)N3CCN(CCCCOc4ccc([C@@H]5c6ccc(O)cc6CC[C@@H]5c5ccccc5)cc4)CC3)cc21. The summed E-state index contributed by atoms with van der Waals surface area (Å²) in [4.78, 5) is 41.4. The summed E-state index contributed by atoms with van der Waals surface area (Å²) in [5, 5.41) is 18.0. The highest BCUT2D eigenvalue weighted by Gasteiger charge is 2.33. The molecular weight excluding hydrogens is 707 g/mol. The molecule has 2 saturated heterocycles. The molecule has 5 aromatic rings. The van der Waals surface area contributed by atoms with Crippen LogP contribution >= 0.6 is 0 Å². The largest absolute Gasteiger partial charge is 0.508 e. The normalized spacial score (nSPS) is 20.1. The molecule has 1 aromatic heterocycles. The van der Waals surface area contributed by atoms with E-state index in [0.29, 0.717) is 55.6 Å². The van der Waals surface area contributed by atoms with Crippen LogP contribution in [-0.2, 0) is 27.9 Å². The van der Waals surface area contributed by atoms with E-state index in [0.717, 1.165) is 62.0 Å². The number of carbonyl (C=O) groups is 3. The van der Waals surface area contributed by atoms with Crippen molar-refractivity contribution in [2.24, 2.45) is 7.05 Å². The van der Waals surface area contributed by atoms with Crippen molar-refractivity contribution in [1.82, 2.24) is 24.9 Å². The number of fused-ring (bicyclic) bond motifs is 2.